The third-order valence-electron chi connectivity index (χ3n) is 13.5. The number of hydrogen-bond acceptors (Lipinski definition) is 11. The van der Waals surface area contributed by atoms with Gasteiger partial charge < -0.3 is 25.4 Å². The van der Waals surface area contributed by atoms with Crippen molar-refractivity contribution < 1.29 is 43.7 Å². The molecule has 4 aliphatic rings. The number of aliphatic hydroxyl groups is 2. The van der Waals surface area contributed by atoms with E-state index in [0.29, 0.717) is 12.0 Å². The fourth-order valence-corrected chi connectivity index (χ4v) is 10.4. The van der Waals surface area contributed by atoms with Crippen molar-refractivity contribution in [2.75, 3.05) is 13.2 Å². The Morgan fingerprint density at radius 3 is 2.45 bits per heavy atom. The molecule has 0 amide bonds. The van der Waals surface area contributed by atoms with Crippen molar-refractivity contribution in [1.82, 2.24) is 4.98 Å². The minimum Gasteiger partial charge on any atom is -0.461 e. The van der Waals surface area contributed by atoms with Crippen LogP contribution in [-0.2, 0) is 46.5 Å². The minimum absolute atomic E-state index is 0.00184. The van der Waals surface area contributed by atoms with Crippen LogP contribution in [0.25, 0.3) is 10.8 Å². The monoisotopic (exact) mass is 762 g/mol. The average Bonchev–Trinajstić information content (AvgIpc) is 3.46. The maximum Gasteiger partial charge on any atom is 0.306 e. The van der Waals surface area contributed by atoms with E-state index in [1.54, 1.807) is 48.8 Å². The molecule has 11 nitrogen and oxygen atoms in total. The van der Waals surface area contributed by atoms with Crippen LogP contribution in [0.4, 0.5) is 0 Å². The van der Waals surface area contributed by atoms with Crippen LogP contribution in [-0.4, -0.2) is 69.3 Å². The summed E-state index contributed by atoms with van der Waals surface area (Å²) >= 11 is 0. The Kier molecular flexibility index (Phi) is 11.0. The van der Waals surface area contributed by atoms with E-state index in [1.807, 2.05) is 37.3 Å². The summed E-state index contributed by atoms with van der Waals surface area (Å²) in [5.41, 5.74) is 6.25. The number of nitrogens with zero attached hydrogens (tertiary/aromatic N) is 1. The van der Waals surface area contributed by atoms with E-state index >= 15 is 0 Å². The fourth-order valence-electron chi connectivity index (χ4n) is 10.4. The summed E-state index contributed by atoms with van der Waals surface area (Å²) in [6.45, 7) is 3.41. The standard InChI is InChI=1S/C45H50N2O9/c1-43-16-13-33(48)21-32(43)9-10-34-36-14-17-45(54,44(36,2)22-38(50)42(34)43)39(51)26-56-41(53)12-11-40(52)55-25-27-3-6-29(7-4-27)35(23-46)37(49)20-28-5-8-31-24-47-18-15-30(31)19-28/h3-8,13,15-16,18-19,21,24,34-36,38,42,50,54H,9-12,14,17,20,22-23,25-26,46H2,1-2H3/t34-,35+,36-,38-,42+,43-,44-,45-/m0/s1. The number of benzene rings is 2. The molecule has 0 unspecified atom stereocenters. The van der Waals surface area contributed by atoms with Gasteiger partial charge in [0.15, 0.2) is 12.4 Å². The van der Waals surface area contributed by atoms with Gasteiger partial charge in [0.2, 0.25) is 5.78 Å². The van der Waals surface area contributed by atoms with Crippen LogP contribution >= 0.6 is 0 Å². The first-order chi connectivity index (χ1) is 26.8. The molecule has 0 saturated heterocycles. The number of pyridine rings is 1. The van der Waals surface area contributed by atoms with Crippen LogP contribution in [0.5, 0.6) is 0 Å². The zero-order valence-corrected chi connectivity index (χ0v) is 31.9. The Hall–Kier alpha value is -4.84. The average molecular weight is 763 g/mol. The van der Waals surface area contributed by atoms with Crippen LogP contribution in [0.1, 0.15) is 81.4 Å². The summed E-state index contributed by atoms with van der Waals surface area (Å²) in [5, 5.41) is 25.5. The molecule has 294 valence electrons. The van der Waals surface area contributed by atoms with E-state index in [0.717, 1.165) is 40.3 Å². The molecule has 4 aliphatic carbocycles. The molecular weight excluding hydrogens is 712 g/mol. The van der Waals surface area contributed by atoms with E-state index < -0.39 is 52.8 Å². The number of aromatic nitrogens is 1. The quantitative estimate of drug-likeness (QED) is 0.199. The molecule has 56 heavy (non-hydrogen) atoms. The maximum atomic E-state index is 13.6. The number of hydrogen-bond donors (Lipinski definition) is 3. The van der Waals surface area contributed by atoms with Gasteiger partial charge in [-0.25, -0.2) is 0 Å². The van der Waals surface area contributed by atoms with Gasteiger partial charge in [-0.15, -0.1) is 0 Å². The summed E-state index contributed by atoms with van der Waals surface area (Å²) in [5.74, 6) is -2.64. The molecule has 0 spiro atoms. The number of ketones is 3. The fraction of sp³-hybridized carbons (Fsp3) is 0.467. The normalized spacial score (nSPS) is 29.7. The Morgan fingerprint density at radius 2 is 1.70 bits per heavy atom. The summed E-state index contributed by atoms with van der Waals surface area (Å²) in [7, 11) is 0. The van der Waals surface area contributed by atoms with Gasteiger partial charge in [-0.05, 0) is 84.2 Å². The van der Waals surface area contributed by atoms with Crippen molar-refractivity contribution in [2.24, 2.45) is 34.3 Å². The summed E-state index contributed by atoms with van der Waals surface area (Å²) in [6, 6.07) is 14.9. The molecule has 3 fully saturated rings. The second-order valence-electron chi connectivity index (χ2n) is 16.6. The predicted molar refractivity (Wildman–Crippen MR) is 207 cm³/mol. The summed E-state index contributed by atoms with van der Waals surface area (Å²) in [6.07, 6.45) is 10.1. The second kappa shape index (κ2) is 15.6. The van der Waals surface area contributed by atoms with E-state index in [4.69, 9.17) is 15.2 Å². The van der Waals surface area contributed by atoms with Crippen molar-refractivity contribution in [1.29, 1.82) is 0 Å². The molecule has 0 aliphatic heterocycles. The molecule has 1 heterocycles. The molecule has 2 aromatic carbocycles. The zero-order chi connectivity index (χ0) is 39.8. The number of carbonyl (C=O) groups is 5. The zero-order valence-electron chi connectivity index (χ0n) is 31.9. The van der Waals surface area contributed by atoms with Gasteiger partial charge in [-0.2, -0.15) is 0 Å². The highest BCUT2D eigenvalue weighted by Crippen LogP contribution is 2.67. The van der Waals surface area contributed by atoms with Gasteiger partial charge in [0.1, 0.15) is 18.0 Å². The maximum absolute atomic E-state index is 13.6. The van der Waals surface area contributed by atoms with Gasteiger partial charge in [0.05, 0.1) is 24.9 Å². The highest BCUT2D eigenvalue weighted by molar-refractivity contribution is 6.01. The molecule has 8 atom stereocenters. The SMILES string of the molecule is C[C@]12C=CC(=O)C=C1CC[C@@H]1[C@@H]2[C@@H](O)C[C@@]2(C)[C@H]1CC[C@]2(O)C(=O)COC(=O)CCC(=O)OCc1ccc([C@@H](CN)C(=O)Cc2ccc3cnccc3c2)cc1. The lowest BCUT2D eigenvalue weighted by Gasteiger charge is -2.59. The summed E-state index contributed by atoms with van der Waals surface area (Å²) < 4.78 is 10.6. The van der Waals surface area contributed by atoms with Gasteiger partial charge >= 0.3 is 11.9 Å². The van der Waals surface area contributed by atoms with Crippen molar-refractivity contribution in [3.05, 3.63) is 101 Å². The highest BCUT2D eigenvalue weighted by Gasteiger charge is 2.68. The molecule has 0 bridgehead atoms. The van der Waals surface area contributed by atoms with Gasteiger partial charge in [-0.1, -0.05) is 68.0 Å². The van der Waals surface area contributed by atoms with Crippen molar-refractivity contribution in [2.45, 2.75) is 89.4 Å². The molecule has 0 radical (unpaired) electrons. The number of Topliss-reactive ketones (excluding diaryl/α,β-unsaturated/α-hetero) is 2. The third-order valence-corrected chi connectivity index (χ3v) is 13.5. The first-order valence-electron chi connectivity index (χ1n) is 19.6. The lowest BCUT2D eigenvalue weighted by atomic mass is 9.46. The number of carbonyl (C=O) groups excluding carboxylic acids is 5. The second-order valence-corrected chi connectivity index (χ2v) is 16.6. The lowest BCUT2D eigenvalue weighted by Crippen LogP contribution is -2.61. The van der Waals surface area contributed by atoms with Crippen molar-refractivity contribution in [3.8, 4) is 0 Å². The van der Waals surface area contributed by atoms with Gasteiger partial charge in [0, 0.05) is 47.5 Å². The molecule has 1 aromatic heterocycles. The van der Waals surface area contributed by atoms with Gasteiger partial charge in [-0.3, -0.25) is 29.0 Å². The lowest BCUT2D eigenvalue weighted by molar-refractivity contribution is -0.181. The number of rotatable bonds is 13. The molecule has 4 N–H and O–H groups in total. The molecule has 7 rings (SSSR count). The molecule has 3 aromatic rings. The summed E-state index contributed by atoms with van der Waals surface area (Å²) in [4.78, 5) is 68.2. The molecule has 11 heteroatoms. The number of nitrogens with two attached hydrogens (primary N) is 1. The van der Waals surface area contributed by atoms with Crippen LogP contribution < -0.4 is 5.73 Å². The smallest absolute Gasteiger partial charge is 0.306 e. The highest BCUT2D eigenvalue weighted by atomic mass is 16.5. The Labute approximate surface area is 326 Å². The molecular formula is C45H50N2O9. The first-order valence-corrected chi connectivity index (χ1v) is 19.6. The van der Waals surface area contributed by atoms with Crippen LogP contribution in [0.15, 0.2) is 84.7 Å². The van der Waals surface area contributed by atoms with E-state index in [-0.39, 0.29) is 74.6 Å². The Balaban J connectivity index is 0.865. The Morgan fingerprint density at radius 1 is 0.964 bits per heavy atom. The first kappa shape index (κ1) is 39.4. The van der Waals surface area contributed by atoms with Crippen LogP contribution in [0.3, 0.4) is 0 Å². The number of esters is 2. The number of ether oxygens (including phenoxy) is 2. The Bertz CT molecular complexity index is 2110. The van der Waals surface area contributed by atoms with Crippen molar-refractivity contribution >= 4 is 40.1 Å². The largest absolute Gasteiger partial charge is 0.461 e. The van der Waals surface area contributed by atoms with Crippen LogP contribution in [0, 0.1) is 28.6 Å². The van der Waals surface area contributed by atoms with Crippen molar-refractivity contribution in [3.63, 3.8) is 0 Å². The van der Waals surface area contributed by atoms with Crippen LogP contribution in [0.2, 0.25) is 0 Å². The topological polar surface area (TPSA) is 183 Å². The third kappa shape index (κ3) is 7.28. The number of aliphatic hydroxyl groups excluding tert-OH is 1. The minimum atomic E-state index is -1.78. The number of allylic oxidation sites excluding steroid dienone is 4. The van der Waals surface area contributed by atoms with E-state index in [2.05, 4.69) is 11.9 Å². The molecule has 3 saturated carbocycles. The predicted octanol–water partition coefficient (Wildman–Crippen LogP) is 5.03. The number of fused-ring (bicyclic) bond motifs is 6. The van der Waals surface area contributed by atoms with E-state index in [9.17, 15) is 34.2 Å². The van der Waals surface area contributed by atoms with E-state index in [1.165, 1.54) is 0 Å². The van der Waals surface area contributed by atoms with Gasteiger partial charge in [0.25, 0.3) is 0 Å².